The van der Waals surface area contributed by atoms with Crippen LogP contribution in [0.15, 0.2) is 0 Å². The number of nitrogens with two attached hydrogens (primary N) is 1. The molecule has 0 saturated heterocycles. The molecule has 0 aliphatic carbocycles. The Hall–Kier alpha value is -0.325. The first-order chi connectivity index (χ1) is 11.7. The molecule has 0 unspecified atom stereocenters. The van der Waals surface area contributed by atoms with Crippen LogP contribution in [0.25, 0.3) is 0 Å². The van der Waals surface area contributed by atoms with Crippen molar-refractivity contribution in [1.29, 1.82) is 5.26 Å². The average molecular weight is 462 g/mol. The standard InChI is InChI=1S/C6H11Cl2NO3.C2H3ClO2.C2H5NO3.CHN.B.Na/c7-1-3-9(4-2-8)12-5-6(10)11;3-1-2(4)5;3-6-1-2(4)5;1-2;;/h1-5H2,(H,10,11);1H2,(H,4,5);1,3H2,(H,4,5);1H;;/q;;;;-1;+1. The van der Waals surface area contributed by atoms with Gasteiger partial charge in [-0.2, -0.15) is 5.06 Å². The number of nitrogens with zero attached hydrogens (tertiary/aromatic N) is 2. The van der Waals surface area contributed by atoms with E-state index in [1.54, 1.807) is 0 Å². The second-order valence-electron chi connectivity index (χ2n) is 3.21. The summed E-state index contributed by atoms with van der Waals surface area (Å²) in [6, 6.07) is 0. The van der Waals surface area contributed by atoms with Crippen molar-refractivity contribution in [3.8, 4) is 6.57 Å². The predicted molar refractivity (Wildman–Crippen MR) is 95.2 cm³/mol. The van der Waals surface area contributed by atoms with E-state index in [1.165, 1.54) is 5.06 Å². The Balaban J connectivity index is -0.0000000626. The minimum atomic E-state index is -1.06. The monoisotopic (exact) mass is 461 g/mol. The van der Waals surface area contributed by atoms with E-state index in [4.69, 9.17) is 60.2 Å². The Morgan fingerprint density at radius 3 is 1.41 bits per heavy atom. The van der Waals surface area contributed by atoms with Gasteiger partial charge in [-0.15, -0.1) is 34.8 Å². The minimum absolute atomic E-state index is 0. The minimum Gasteiger partial charge on any atom is -1.00 e. The van der Waals surface area contributed by atoms with Crippen molar-refractivity contribution in [3.05, 3.63) is 0 Å². The van der Waals surface area contributed by atoms with E-state index in [-0.39, 0.29) is 50.5 Å². The second kappa shape index (κ2) is 36.6. The van der Waals surface area contributed by atoms with E-state index in [2.05, 4.69) is 17.3 Å². The van der Waals surface area contributed by atoms with Crippen molar-refractivity contribution in [2.45, 2.75) is 0 Å². The topological polar surface area (TPSA) is 183 Å². The van der Waals surface area contributed by atoms with Gasteiger partial charge in [0.05, 0.1) is 0 Å². The van der Waals surface area contributed by atoms with Gasteiger partial charge in [0, 0.05) is 31.4 Å². The van der Waals surface area contributed by atoms with Crippen LogP contribution >= 0.6 is 34.8 Å². The molecule has 27 heavy (non-hydrogen) atoms. The molecule has 0 aromatic rings. The van der Waals surface area contributed by atoms with E-state index >= 15 is 0 Å². The Morgan fingerprint density at radius 2 is 1.26 bits per heavy atom. The maximum Gasteiger partial charge on any atom is 1.00 e. The van der Waals surface area contributed by atoms with Crippen molar-refractivity contribution < 1.29 is 68.9 Å². The third kappa shape index (κ3) is 58.6. The van der Waals surface area contributed by atoms with Gasteiger partial charge in [0.2, 0.25) is 0 Å². The first kappa shape index (κ1) is 41.1. The fourth-order valence-electron chi connectivity index (χ4n) is 0.647. The number of rotatable bonds is 10. The van der Waals surface area contributed by atoms with Crippen molar-refractivity contribution in [2.75, 3.05) is 43.9 Å². The Bertz CT molecular complexity index is 367. The molecule has 16 heteroatoms. The molecule has 0 bridgehead atoms. The number of hydrogen-bond acceptors (Lipinski definition) is 8. The van der Waals surface area contributed by atoms with Crippen LogP contribution in [0.2, 0.25) is 0 Å². The van der Waals surface area contributed by atoms with Crippen LogP contribution in [0.1, 0.15) is 0 Å². The van der Waals surface area contributed by atoms with Crippen molar-refractivity contribution in [1.82, 2.24) is 5.06 Å². The number of hydrogen-bond donors (Lipinski definition) is 4. The van der Waals surface area contributed by atoms with E-state index in [0.29, 0.717) is 24.8 Å². The summed E-state index contributed by atoms with van der Waals surface area (Å²) in [4.78, 5) is 37.3. The molecule has 0 aromatic heterocycles. The van der Waals surface area contributed by atoms with E-state index in [9.17, 15) is 14.4 Å². The van der Waals surface area contributed by atoms with Crippen LogP contribution in [-0.4, -0.2) is 90.6 Å². The van der Waals surface area contributed by atoms with Gasteiger partial charge < -0.3 is 23.7 Å². The smallest absolute Gasteiger partial charge is 1.00 e. The normalized spacial score (nSPS) is 7.96. The molecule has 152 valence electrons. The predicted octanol–water partition coefficient (Wildman–Crippen LogP) is -3.18. The maximum atomic E-state index is 10.1. The zero-order valence-electron chi connectivity index (χ0n) is 14.6. The maximum absolute atomic E-state index is 10.1. The fourth-order valence-corrected chi connectivity index (χ4v) is 1.02. The van der Waals surface area contributed by atoms with Crippen LogP contribution in [0.3, 0.4) is 0 Å². The number of carbonyl (C=O) groups is 3. The molecule has 5 N–H and O–H groups in total. The van der Waals surface area contributed by atoms with E-state index in [0.717, 1.165) is 0 Å². The van der Waals surface area contributed by atoms with Gasteiger partial charge in [-0.1, -0.05) is 0 Å². The van der Waals surface area contributed by atoms with E-state index in [1.807, 2.05) is 0 Å². The van der Waals surface area contributed by atoms with Crippen LogP contribution in [-0.2, 0) is 24.1 Å². The molecule has 4 radical (unpaired) electrons. The summed E-state index contributed by atoms with van der Waals surface area (Å²) in [5, 5.41) is 31.5. The third-order valence-corrected chi connectivity index (χ3v) is 1.93. The average Bonchev–Trinajstić information content (AvgIpc) is 2.56. The third-order valence-electron chi connectivity index (χ3n) is 1.36. The van der Waals surface area contributed by atoms with Crippen LogP contribution in [0, 0.1) is 11.8 Å². The van der Waals surface area contributed by atoms with Gasteiger partial charge in [0.25, 0.3) is 0 Å². The van der Waals surface area contributed by atoms with Gasteiger partial charge in [0.1, 0.15) is 5.88 Å². The summed E-state index contributed by atoms with van der Waals surface area (Å²) in [5.74, 6) is 1.77. The number of hydroxylamine groups is 2. The quantitative estimate of drug-likeness (QED) is 0.146. The summed E-state index contributed by atoms with van der Waals surface area (Å²) in [6.45, 7) is 3.66. The summed E-state index contributed by atoms with van der Waals surface area (Å²) >= 11 is 15.6. The fraction of sp³-hybridized carbons (Fsp3) is 0.636. The number of nitriles is 1. The number of aliphatic carboxylic acids is 3. The summed E-state index contributed by atoms with van der Waals surface area (Å²) in [5.41, 5.74) is 0. The molecule has 0 rings (SSSR count). The molecule has 0 atom stereocenters. The molecular formula is C11H20BCl3N3NaO8. The Labute approximate surface area is 196 Å². The van der Waals surface area contributed by atoms with Gasteiger partial charge in [0.15, 0.2) is 13.2 Å². The molecule has 0 fully saturated rings. The van der Waals surface area contributed by atoms with Crippen molar-refractivity contribution in [2.24, 2.45) is 5.90 Å². The number of carboxylic acid groups (broad SMARTS) is 3. The zero-order valence-corrected chi connectivity index (χ0v) is 18.9. The first-order valence-corrected chi connectivity index (χ1v) is 7.64. The molecule has 0 amide bonds. The first-order valence-electron chi connectivity index (χ1n) is 6.03. The largest absolute Gasteiger partial charge is 1.00 e. The number of halogens is 3. The van der Waals surface area contributed by atoms with Crippen molar-refractivity contribution >= 4 is 61.1 Å². The molecule has 0 aliphatic rings. The SMILES string of the molecule is C#N.NOCC(=O)O.O=C(O)CCl.O=C(O)CON(CCCl)CCCl.[B-].[Na+]. The second-order valence-corrected chi connectivity index (χ2v) is 4.23. The van der Waals surface area contributed by atoms with Gasteiger partial charge >= 0.3 is 47.5 Å². The zero-order chi connectivity index (χ0) is 20.7. The molecule has 0 spiro atoms. The Kier molecular flexibility index (Phi) is 55.7. The molecule has 0 heterocycles. The van der Waals surface area contributed by atoms with Crippen molar-refractivity contribution in [3.63, 3.8) is 0 Å². The molecule has 0 aliphatic heterocycles. The van der Waals surface area contributed by atoms with Gasteiger partial charge in [-0.25, -0.2) is 20.7 Å². The number of carboxylic acids is 3. The van der Waals surface area contributed by atoms with E-state index < -0.39 is 24.5 Å². The summed E-state index contributed by atoms with van der Waals surface area (Å²) < 4.78 is 0. The van der Waals surface area contributed by atoms with Crippen LogP contribution in [0.5, 0.6) is 0 Å². The molecule has 0 aromatic carbocycles. The summed E-state index contributed by atoms with van der Waals surface area (Å²) in [7, 11) is 0. The number of alkyl halides is 3. The Morgan fingerprint density at radius 1 is 0.926 bits per heavy atom. The van der Waals surface area contributed by atoms with Gasteiger partial charge in [-0.3, -0.25) is 14.5 Å². The molecular weight excluding hydrogens is 442 g/mol. The molecule has 0 saturated carbocycles. The van der Waals surface area contributed by atoms with Crippen LogP contribution in [0.4, 0.5) is 0 Å². The molecule has 11 nitrogen and oxygen atoms in total. The van der Waals surface area contributed by atoms with Crippen LogP contribution < -0.4 is 35.5 Å². The van der Waals surface area contributed by atoms with Gasteiger partial charge in [-0.05, 0) is 0 Å². The summed E-state index contributed by atoms with van der Waals surface area (Å²) in [6.07, 6.45) is 0.